The molecule has 0 saturated carbocycles. The number of carbonyl (C=O) groups is 1. The van der Waals surface area contributed by atoms with Gasteiger partial charge in [-0.1, -0.05) is 11.6 Å². The van der Waals surface area contributed by atoms with Crippen LogP contribution in [0.3, 0.4) is 0 Å². The van der Waals surface area contributed by atoms with Gasteiger partial charge in [-0.2, -0.15) is 13.2 Å². The summed E-state index contributed by atoms with van der Waals surface area (Å²) in [5.41, 5.74) is -0.767. The lowest BCUT2D eigenvalue weighted by atomic mass is 10.1. The summed E-state index contributed by atoms with van der Waals surface area (Å²) >= 11 is 5.75. The molecule has 0 bridgehead atoms. The SMILES string of the molecule is CC(CC(=O)O)Nc1cc(C(F)(F)F)ccc1Cl. The predicted molar refractivity (Wildman–Crippen MR) is 61.8 cm³/mol. The van der Waals surface area contributed by atoms with Gasteiger partial charge in [-0.05, 0) is 25.1 Å². The summed E-state index contributed by atoms with van der Waals surface area (Å²) in [6, 6.07) is 2.33. The zero-order valence-electron chi connectivity index (χ0n) is 9.38. The summed E-state index contributed by atoms with van der Waals surface area (Å²) in [7, 11) is 0. The van der Waals surface area contributed by atoms with E-state index in [9.17, 15) is 18.0 Å². The quantitative estimate of drug-likeness (QED) is 0.886. The van der Waals surface area contributed by atoms with Crippen LogP contribution in [0.15, 0.2) is 18.2 Å². The van der Waals surface area contributed by atoms with E-state index in [0.717, 1.165) is 18.2 Å². The molecule has 1 unspecified atom stereocenters. The molecule has 1 aromatic rings. The highest BCUT2D eigenvalue weighted by Crippen LogP contribution is 2.34. The number of anilines is 1. The van der Waals surface area contributed by atoms with Crippen LogP contribution in [0.5, 0.6) is 0 Å². The lowest BCUT2D eigenvalue weighted by Gasteiger charge is -2.16. The molecule has 0 saturated heterocycles. The molecule has 2 N–H and O–H groups in total. The molecular formula is C11H11ClF3NO2. The fraction of sp³-hybridized carbons (Fsp3) is 0.364. The lowest BCUT2D eigenvalue weighted by molar-refractivity contribution is -0.138. The molecule has 0 aliphatic carbocycles. The first-order valence-corrected chi connectivity index (χ1v) is 5.43. The van der Waals surface area contributed by atoms with E-state index in [1.807, 2.05) is 0 Å². The molecule has 18 heavy (non-hydrogen) atoms. The Morgan fingerprint density at radius 2 is 2.11 bits per heavy atom. The number of nitrogens with one attached hydrogen (secondary N) is 1. The molecule has 0 radical (unpaired) electrons. The molecule has 1 aromatic carbocycles. The van der Waals surface area contributed by atoms with Crippen molar-refractivity contribution in [2.45, 2.75) is 25.6 Å². The van der Waals surface area contributed by atoms with Gasteiger partial charge >= 0.3 is 12.1 Å². The Morgan fingerprint density at radius 3 is 2.61 bits per heavy atom. The first-order valence-electron chi connectivity index (χ1n) is 5.05. The number of carboxylic acids is 1. The van der Waals surface area contributed by atoms with Gasteiger partial charge in [-0.15, -0.1) is 0 Å². The van der Waals surface area contributed by atoms with Crippen LogP contribution in [-0.2, 0) is 11.0 Å². The minimum absolute atomic E-state index is 0.0697. The van der Waals surface area contributed by atoms with Crippen LogP contribution >= 0.6 is 11.6 Å². The van der Waals surface area contributed by atoms with Gasteiger partial charge in [0.2, 0.25) is 0 Å². The second-order valence-electron chi connectivity index (χ2n) is 3.84. The van der Waals surface area contributed by atoms with E-state index in [0.29, 0.717) is 0 Å². The Kier molecular flexibility index (Phi) is 4.45. The predicted octanol–water partition coefficient (Wildman–Crippen LogP) is 3.63. The summed E-state index contributed by atoms with van der Waals surface area (Å²) in [5, 5.41) is 11.3. The zero-order valence-corrected chi connectivity index (χ0v) is 10.1. The maximum absolute atomic E-state index is 12.5. The Labute approximate surface area is 107 Å². The van der Waals surface area contributed by atoms with Gasteiger partial charge in [-0.3, -0.25) is 4.79 Å². The second-order valence-corrected chi connectivity index (χ2v) is 4.24. The van der Waals surface area contributed by atoms with E-state index in [1.165, 1.54) is 0 Å². The van der Waals surface area contributed by atoms with Crippen molar-refractivity contribution in [1.82, 2.24) is 0 Å². The Morgan fingerprint density at radius 1 is 1.50 bits per heavy atom. The van der Waals surface area contributed by atoms with E-state index in [1.54, 1.807) is 6.92 Å². The second kappa shape index (κ2) is 5.48. The monoisotopic (exact) mass is 281 g/mol. The third-order valence-corrected chi connectivity index (χ3v) is 2.51. The summed E-state index contributed by atoms with van der Waals surface area (Å²) < 4.78 is 37.4. The molecule has 1 atom stereocenters. The topological polar surface area (TPSA) is 49.3 Å². The third-order valence-electron chi connectivity index (χ3n) is 2.18. The van der Waals surface area contributed by atoms with Crippen molar-refractivity contribution in [1.29, 1.82) is 0 Å². The summed E-state index contributed by atoms with van der Waals surface area (Å²) in [5.74, 6) is -1.04. The number of aliphatic carboxylic acids is 1. The molecule has 0 amide bonds. The number of hydrogen-bond donors (Lipinski definition) is 2. The van der Waals surface area contributed by atoms with Crippen LogP contribution in [0.4, 0.5) is 18.9 Å². The third kappa shape index (κ3) is 4.10. The fourth-order valence-corrected chi connectivity index (χ4v) is 1.56. The van der Waals surface area contributed by atoms with Crippen molar-refractivity contribution in [3.05, 3.63) is 28.8 Å². The van der Waals surface area contributed by atoms with Gasteiger partial charge in [0.1, 0.15) is 0 Å². The molecule has 100 valence electrons. The fourth-order valence-electron chi connectivity index (χ4n) is 1.39. The van der Waals surface area contributed by atoms with Crippen LogP contribution in [0.25, 0.3) is 0 Å². The first-order chi connectivity index (χ1) is 8.20. The molecule has 0 fully saturated rings. The van der Waals surface area contributed by atoms with Gasteiger partial charge in [0.25, 0.3) is 0 Å². The van der Waals surface area contributed by atoms with Crippen molar-refractivity contribution >= 4 is 23.3 Å². The maximum atomic E-state index is 12.5. The Hall–Kier alpha value is -1.43. The van der Waals surface area contributed by atoms with Crippen LogP contribution < -0.4 is 5.32 Å². The molecule has 1 rings (SSSR count). The molecule has 0 spiro atoms. The molecule has 0 heterocycles. The van der Waals surface area contributed by atoms with E-state index in [-0.39, 0.29) is 17.1 Å². The summed E-state index contributed by atoms with van der Waals surface area (Å²) in [6.07, 6.45) is -4.68. The normalized spacial score (nSPS) is 13.2. The molecule has 7 heteroatoms. The van der Waals surface area contributed by atoms with Crippen molar-refractivity contribution < 1.29 is 23.1 Å². The minimum Gasteiger partial charge on any atom is -0.481 e. The van der Waals surface area contributed by atoms with Crippen molar-refractivity contribution in [2.24, 2.45) is 0 Å². The van der Waals surface area contributed by atoms with E-state index in [4.69, 9.17) is 16.7 Å². The van der Waals surface area contributed by atoms with Crippen molar-refractivity contribution in [3.8, 4) is 0 Å². The van der Waals surface area contributed by atoms with E-state index in [2.05, 4.69) is 5.32 Å². The Balaban J connectivity index is 2.91. The molecular weight excluding hydrogens is 271 g/mol. The maximum Gasteiger partial charge on any atom is 0.416 e. The minimum atomic E-state index is -4.46. The highest BCUT2D eigenvalue weighted by atomic mass is 35.5. The van der Waals surface area contributed by atoms with E-state index >= 15 is 0 Å². The van der Waals surface area contributed by atoms with Crippen LogP contribution in [0.2, 0.25) is 5.02 Å². The van der Waals surface area contributed by atoms with Crippen molar-refractivity contribution in [2.75, 3.05) is 5.32 Å². The van der Waals surface area contributed by atoms with Gasteiger partial charge in [0.15, 0.2) is 0 Å². The lowest BCUT2D eigenvalue weighted by Crippen LogP contribution is -2.20. The average Bonchev–Trinajstić information content (AvgIpc) is 2.18. The van der Waals surface area contributed by atoms with Gasteiger partial charge in [0.05, 0.1) is 22.7 Å². The highest BCUT2D eigenvalue weighted by Gasteiger charge is 2.31. The Bertz CT molecular complexity index is 448. The van der Waals surface area contributed by atoms with Gasteiger partial charge in [-0.25, -0.2) is 0 Å². The summed E-state index contributed by atoms with van der Waals surface area (Å²) in [4.78, 5) is 10.5. The number of rotatable bonds is 4. The smallest absolute Gasteiger partial charge is 0.416 e. The largest absolute Gasteiger partial charge is 0.481 e. The summed E-state index contributed by atoms with van der Waals surface area (Å²) in [6.45, 7) is 1.55. The van der Waals surface area contributed by atoms with Gasteiger partial charge < -0.3 is 10.4 Å². The number of alkyl halides is 3. The first kappa shape index (κ1) is 14.6. The highest BCUT2D eigenvalue weighted by molar-refractivity contribution is 6.33. The van der Waals surface area contributed by atoms with Crippen molar-refractivity contribution in [3.63, 3.8) is 0 Å². The number of halogens is 4. The average molecular weight is 282 g/mol. The molecule has 3 nitrogen and oxygen atoms in total. The molecule has 0 aliphatic rings. The molecule has 0 aromatic heterocycles. The van der Waals surface area contributed by atoms with Gasteiger partial charge in [0, 0.05) is 6.04 Å². The molecule has 0 aliphatic heterocycles. The van der Waals surface area contributed by atoms with Crippen LogP contribution in [0.1, 0.15) is 18.9 Å². The van der Waals surface area contributed by atoms with Crippen LogP contribution in [-0.4, -0.2) is 17.1 Å². The number of carboxylic acid groups (broad SMARTS) is 1. The van der Waals surface area contributed by atoms with Crippen LogP contribution in [0, 0.1) is 0 Å². The zero-order chi connectivity index (χ0) is 13.9. The number of benzene rings is 1. The standard InChI is InChI=1S/C11H11ClF3NO2/c1-6(4-10(17)18)16-9-5-7(11(13,14)15)2-3-8(9)12/h2-3,5-6,16H,4H2,1H3,(H,17,18). The number of hydrogen-bond acceptors (Lipinski definition) is 2. The van der Waals surface area contributed by atoms with E-state index < -0.39 is 23.8 Å².